The maximum absolute atomic E-state index is 5.01. The van der Waals surface area contributed by atoms with Crippen LogP contribution >= 0.6 is 11.3 Å². The first kappa shape index (κ1) is 18.6. The molecule has 7 heteroatoms. The first-order valence-corrected chi connectivity index (χ1v) is 10.7. The number of nitrogens with one attached hydrogen (secondary N) is 1. The summed E-state index contributed by atoms with van der Waals surface area (Å²) in [5.41, 5.74) is 9.19. The SMILES string of the molecule is Cc1nc(-c2cccnc2)sc1-c1ccc2c(n1)/C(=N/Nc1ccccn1)CCC2. The number of hydrogen-bond acceptors (Lipinski definition) is 7. The number of anilines is 1. The number of hydrazone groups is 1. The highest BCUT2D eigenvalue weighted by Crippen LogP contribution is 2.35. The molecule has 0 spiro atoms. The minimum Gasteiger partial charge on any atom is -0.264 e. The first-order valence-electron chi connectivity index (χ1n) is 9.90. The summed E-state index contributed by atoms with van der Waals surface area (Å²) in [4.78, 5) is 19.3. The Morgan fingerprint density at radius 2 is 1.97 bits per heavy atom. The summed E-state index contributed by atoms with van der Waals surface area (Å²) < 4.78 is 0. The molecular formula is C23H20N6S. The third-order valence-electron chi connectivity index (χ3n) is 5.02. The number of aryl methyl sites for hydroxylation is 2. The van der Waals surface area contributed by atoms with E-state index in [0.717, 1.165) is 63.3 Å². The van der Waals surface area contributed by atoms with Gasteiger partial charge >= 0.3 is 0 Å². The normalized spacial score (nSPS) is 14.5. The second-order valence-corrected chi connectivity index (χ2v) is 8.12. The summed E-state index contributed by atoms with van der Waals surface area (Å²) in [6.07, 6.45) is 8.35. The highest BCUT2D eigenvalue weighted by Gasteiger charge is 2.20. The van der Waals surface area contributed by atoms with Crippen LogP contribution in [0.5, 0.6) is 0 Å². The molecule has 0 amide bonds. The van der Waals surface area contributed by atoms with Crippen LogP contribution in [0.1, 0.15) is 29.8 Å². The van der Waals surface area contributed by atoms with Crippen molar-refractivity contribution in [3.63, 3.8) is 0 Å². The number of fused-ring (bicyclic) bond motifs is 1. The molecule has 0 aliphatic heterocycles. The molecule has 1 N–H and O–H groups in total. The molecule has 0 radical (unpaired) electrons. The smallest absolute Gasteiger partial charge is 0.146 e. The van der Waals surface area contributed by atoms with Gasteiger partial charge in [-0.3, -0.25) is 10.4 Å². The molecule has 30 heavy (non-hydrogen) atoms. The molecule has 1 aliphatic rings. The van der Waals surface area contributed by atoms with Crippen molar-refractivity contribution >= 4 is 22.9 Å². The predicted octanol–water partition coefficient (Wildman–Crippen LogP) is 5.12. The van der Waals surface area contributed by atoms with Gasteiger partial charge in [0.15, 0.2) is 0 Å². The van der Waals surface area contributed by atoms with E-state index in [1.165, 1.54) is 5.56 Å². The number of pyridine rings is 3. The van der Waals surface area contributed by atoms with Crippen LogP contribution in [-0.4, -0.2) is 25.6 Å². The molecule has 4 aromatic heterocycles. The summed E-state index contributed by atoms with van der Waals surface area (Å²) >= 11 is 1.65. The van der Waals surface area contributed by atoms with Gasteiger partial charge in [0, 0.05) is 24.2 Å². The zero-order valence-corrected chi connectivity index (χ0v) is 17.4. The highest BCUT2D eigenvalue weighted by molar-refractivity contribution is 7.18. The molecule has 5 rings (SSSR count). The van der Waals surface area contributed by atoms with Crippen LogP contribution in [0.25, 0.3) is 21.1 Å². The van der Waals surface area contributed by atoms with Gasteiger partial charge in [-0.25, -0.2) is 15.0 Å². The van der Waals surface area contributed by atoms with E-state index in [0.29, 0.717) is 0 Å². The molecule has 1 aliphatic carbocycles. The summed E-state index contributed by atoms with van der Waals surface area (Å²) in [6.45, 7) is 2.03. The molecule has 4 aromatic rings. The van der Waals surface area contributed by atoms with Crippen LogP contribution in [-0.2, 0) is 6.42 Å². The molecule has 0 bridgehead atoms. The topological polar surface area (TPSA) is 76.0 Å². The fraction of sp³-hybridized carbons (Fsp3) is 0.174. The average Bonchev–Trinajstić information content (AvgIpc) is 3.20. The number of nitrogens with zero attached hydrogens (tertiary/aromatic N) is 5. The summed E-state index contributed by atoms with van der Waals surface area (Å²) in [5, 5.41) is 5.59. The van der Waals surface area contributed by atoms with Crippen molar-refractivity contribution in [1.29, 1.82) is 0 Å². The van der Waals surface area contributed by atoms with E-state index < -0.39 is 0 Å². The molecule has 6 nitrogen and oxygen atoms in total. The van der Waals surface area contributed by atoms with Gasteiger partial charge in [0.25, 0.3) is 0 Å². The lowest BCUT2D eigenvalue weighted by molar-refractivity contribution is 0.825. The Morgan fingerprint density at radius 1 is 1.00 bits per heavy atom. The Morgan fingerprint density at radius 3 is 2.80 bits per heavy atom. The molecule has 0 saturated carbocycles. The van der Waals surface area contributed by atoms with Gasteiger partial charge in [0.05, 0.1) is 27.7 Å². The van der Waals surface area contributed by atoms with Crippen LogP contribution in [0.4, 0.5) is 5.82 Å². The van der Waals surface area contributed by atoms with E-state index in [9.17, 15) is 0 Å². The summed E-state index contributed by atoms with van der Waals surface area (Å²) in [7, 11) is 0. The van der Waals surface area contributed by atoms with E-state index >= 15 is 0 Å². The van der Waals surface area contributed by atoms with Crippen molar-refractivity contribution in [2.24, 2.45) is 5.10 Å². The van der Waals surface area contributed by atoms with Gasteiger partial charge in [-0.2, -0.15) is 5.10 Å². The van der Waals surface area contributed by atoms with Crippen LogP contribution in [0.15, 0.2) is 66.2 Å². The fourth-order valence-corrected chi connectivity index (χ4v) is 4.57. The number of aromatic nitrogens is 4. The van der Waals surface area contributed by atoms with E-state index in [4.69, 9.17) is 9.97 Å². The highest BCUT2D eigenvalue weighted by atomic mass is 32.1. The maximum atomic E-state index is 5.01. The van der Waals surface area contributed by atoms with Crippen molar-refractivity contribution in [2.45, 2.75) is 26.2 Å². The third-order valence-corrected chi connectivity index (χ3v) is 6.25. The van der Waals surface area contributed by atoms with E-state index in [1.54, 1.807) is 23.7 Å². The van der Waals surface area contributed by atoms with E-state index in [2.05, 4.69) is 32.6 Å². The van der Waals surface area contributed by atoms with Crippen molar-refractivity contribution in [3.05, 3.63) is 78.0 Å². The molecule has 148 valence electrons. The number of hydrogen-bond donors (Lipinski definition) is 1. The van der Waals surface area contributed by atoms with Crippen molar-refractivity contribution in [3.8, 4) is 21.1 Å². The van der Waals surface area contributed by atoms with Crippen LogP contribution in [0.2, 0.25) is 0 Å². The molecule has 4 heterocycles. The van der Waals surface area contributed by atoms with Gasteiger partial charge in [-0.05, 0) is 62.1 Å². The minimum absolute atomic E-state index is 0.729. The van der Waals surface area contributed by atoms with Crippen molar-refractivity contribution < 1.29 is 0 Å². The molecular weight excluding hydrogens is 392 g/mol. The Kier molecular flexibility index (Phi) is 5.03. The average molecular weight is 413 g/mol. The zero-order chi connectivity index (χ0) is 20.3. The lowest BCUT2D eigenvalue weighted by atomic mass is 9.94. The summed E-state index contributed by atoms with van der Waals surface area (Å²) in [6, 6.07) is 14.0. The van der Waals surface area contributed by atoms with Crippen LogP contribution in [0.3, 0.4) is 0 Å². The molecule has 0 atom stereocenters. The third kappa shape index (κ3) is 3.71. The standard InChI is InChI=1S/C23H20N6S/c1-15-22(30-23(26-15)17-7-5-12-24-14-17)19-11-10-16-6-4-8-18(21(16)27-19)28-29-20-9-2-3-13-25-20/h2-3,5,7,9-14H,4,6,8H2,1H3,(H,25,29)/b28-18+. The summed E-state index contributed by atoms with van der Waals surface area (Å²) in [5.74, 6) is 0.729. The second kappa shape index (κ2) is 8.12. The van der Waals surface area contributed by atoms with Crippen molar-refractivity contribution in [1.82, 2.24) is 19.9 Å². The Balaban J connectivity index is 1.50. The first-order chi connectivity index (χ1) is 14.8. The van der Waals surface area contributed by atoms with E-state index in [1.807, 2.05) is 43.5 Å². The quantitative estimate of drug-likeness (QED) is 0.471. The van der Waals surface area contributed by atoms with Gasteiger partial charge in [0.1, 0.15) is 10.8 Å². The molecule has 0 fully saturated rings. The Labute approximate surface area is 178 Å². The lowest BCUT2D eigenvalue weighted by Gasteiger charge is -2.17. The van der Waals surface area contributed by atoms with Gasteiger partial charge in [0.2, 0.25) is 0 Å². The van der Waals surface area contributed by atoms with Gasteiger partial charge < -0.3 is 0 Å². The van der Waals surface area contributed by atoms with E-state index in [-0.39, 0.29) is 0 Å². The number of rotatable bonds is 4. The maximum Gasteiger partial charge on any atom is 0.146 e. The Hall–Kier alpha value is -3.45. The fourth-order valence-electron chi connectivity index (χ4n) is 3.54. The number of thiazole rings is 1. The Bertz CT molecular complexity index is 1200. The second-order valence-electron chi connectivity index (χ2n) is 7.12. The largest absolute Gasteiger partial charge is 0.264 e. The molecule has 0 unspecified atom stereocenters. The monoisotopic (exact) mass is 412 g/mol. The van der Waals surface area contributed by atoms with Gasteiger partial charge in [-0.15, -0.1) is 11.3 Å². The molecule has 0 aromatic carbocycles. The molecule has 0 saturated heterocycles. The minimum atomic E-state index is 0.729. The van der Waals surface area contributed by atoms with Crippen LogP contribution < -0.4 is 5.43 Å². The predicted molar refractivity (Wildman–Crippen MR) is 121 cm³/mol. The van der Waals surface area contributed by atoms with Gasteiger partial charge in [-0.1, -0.05) is 12.1 Å². The van der Waals surface area contributed by atoms with Crippen molar-refractivity contribution in [2.75, 3.05) is 5.43 Å². The lowest BCUT2D eigenvalue weighted by Crippen LogP contribution is -2.16. The van der Waals surface area contributed by atoms with Crippen LogP contribution in [0, 0.1) is 6.92 Å². The zero-order valence-electron chi connectivity index (χ0n) is 16.5.